The molecule has 9 heteroatoms. The lowest BCUT2D eigenvalue weighted by Crippen LogP contribution is -2.47. The summed E-state index contributed by atoms with van der Waals surface area (Å²) in [5, 5.41) is 6.48. The zero-order valence-corrected chi connectivity index (χ0v) is 23.3. The van der Waals surface area contributed by atoms with Gasteiger partial charge in [-0.3, -0.25) is 14.4 Å². The smallest absolute Gasteiger partial charge is 0.256 e. The molecule has 8 nitrogen and oxygen atoms in total. The molecule has 0 radical (unpaired) electrons. The van der Waals surface area contributed by atoms with Crippen LogP contribution in [0.3, 0.4) is 0 Å². The van der Waals surface area contributed by atoms with Crippen LogP contribution in [0, 0.1) is 13.8 Å². The minimum atomic E-state index is -0.256. The minimum Gasteiger partial charge on any atom is -0.358 e. The monoisotopic (exact) mass is 545 g/mol. The van der Waals surface area contributed by atoms with Gasteiger partial charge in [0.15, 0.2) is 0 Å². The van der Waals surface area contributed by atoms with Crippen LogP contribution in [-0.4, -0.2) is 65.7 Å². The Morgan fingerprint density at radius 3 is 2.54 bits per heavy atom. The van der Waals surface area contributed by atoms with Gasteiger partial charge in [-0.1, -0.05) is 23.7 Å². The molecule has 5 rings (SSSR count). The Bertz CT molecular complexity index is 1500. The van der Waals surface area contributed by atoms with Gasteiger partial charge in [0.05, 0.1) is 17.2 Å². The fourth-order valence-corrected chi connectivity index (χ4v) is 5.36. The number of hydrogen-bond donors (Lipinski definition) is 3. The Morgan fingerprint density at radius 2 is 1.82 bits per heavy atom. The highest BCUT2D eigenvalue weighted by Gasteiger charge is 2.28. The molecule has 3 amide bonds. The van der Waals surface area contributed by atoms with Gasteiger partial charge in [0.25, 0.3) is 17.7 Å². The summed E-state index contributed by atoms with van der Waals surface area (Å²) < 4.78 is 0. The Hall–Kier alpha value is -3.88. The molecule has 3 heterocycles. The number of H-pyrrole nitrogens is 1. The van der Waals surface area contributed by atoms with Gasteiger partial charge in [0.1, 0.15) is 0 Å². The van der Waals surface area contributed by atoms with Crippen molar-refractivity contribution in [2.45, 2.75) is 26.8 Å². The van der Waals surface area contributed by atoms with E-state index in [1.54, 1.807) is 30.3 Å². The first-order valence-electron chi connectivity index (χ1n) is 13.0. The number of carbonyl (C=O) groups is 3. The number of amides is 3. The molecule has 0 saturated carbocycles. The molecule has 3 aromatic rings. The number of piperazine rings is 1. The van der Waals surface area contributed by atoms with Crippen molar-refractivity contribution in [1.82, 2.24) is 20.1 Å². The number of rotatable bonds is 5. The van der Waals surface area contributed by atoms with Crippen LogP contribution in [0.5, 0.6) is 0 Å². The predicted octanol–water partition coefficient (Wildman–Crippen LogP) is 4.66. The van der Waals surface area contributed by atoms with Gasteiger partial charge in [-0.25, -0.2) is 0 Å². The molecule has 2 aliphatic heterocycles. The molecule has 3 N–H and O–H groups in total. The van der Waals surface area contributed by atoms with Gasteiger partial charge >= 0.3 is 0 Å². The molecule has 0 spiro atoms. The van der Waals surface area contributed by atoms with Crippen molar-refractivity contribution in [3.8, 4) is 0 Å². The number of aromatic nitrogens is 1. The number of carbonyl (C=O) groups excluding carboxylic acids is 3. The molecule has 1 aromatic heterocycles. The third kappa shape index (κ3) is 5.35. The standard InChI is InChI=1S/C30H32ClN5O3/c1-17-26(32-19(3)27(17)30(39)36-12-10-35(4)11-13-36)16-24-23-15-21(8-9-25(23)34-29(24)38)28(37)33-18(2)20-6-5-7-22(31)14-20/h5-9,14-16,18,32H,10-13H2,1-4H3,(H,33,37)(H,34,38)/b24-16-/t18-/m1/s1. The Kier molecular flexibility index (Phi) is 7.34. The molecule has 0 unspecified atom stereocenters. The van der Waals surface area contributed by atoms with E-state index in [2.05, 4.69) is 27.6 Å². The summed E-state index contributed by atoms with van der Waals surface area (Å²) in [6.45, 7) is 8.73. The van der Waals surface area contributed by atoms with Gasteiger partial charge in [0.2, 0.25) is 0 Å². The topological polar surface area (TPSA) is 97.5 Å². The molecule has 0 bridgehead atoms. The van der Waals surface area contributed by atoms with Crippen LogP contribution in [-0.2, 0) is 4.79 Å². The van der Waals surface area contributed by atoms with Gasteiger partial charge in [-0.05, 0) is 75.4 Å². The third-order valence-electron chi connectivity index (χ3n) is 7.53. The van der Waals surface area contributed by atoms with E-state index in [1.807, 2.05) is 43.9 Å². The number of benzene rings is 2. The van der Waals surface area contributed by atoms with E-state index >= 15 is 0 Å². The SMILES string of the molecule is Cc1[nH]c(/C=C2\C(=O)Nc3ccc(C(=O)N[C@H](C)c4cccc(Cl)c4)cc32)c(C)c1C(=O)N1CCN(C)CC1. The first-order valence-corrected chi connectivity index (χ1v) is 13.4. The second-order valence-electron chi connectivity index (χ2n) is 10.3. The molecule has 202 valence electrons. The Labute approximate surface area is 233 Å². The summed E-state index contributed by atoms with van der Waals surface area (Å²) in [5.74, 6) is -0.507. The zero-order valence-electron chi connectivity index (χ0n) is 22.5. The molecule has 2 aliphatic rings. The Morgan fingerprint density at radius 1 is 1.08 bits per heavy atom. The molecule has 1 saturated heterocycles. The van der Waals surface area contributed by atoms with Crippen molar-refractivity contribution in [3.63, 3.8) is 0 Å². The number of hydrogen-bond acceptors (Lipinski definition) is 4. The quantitative estimate of drug-likeness (QED) is 0.406. The maximum atomic E-state index is 13.3. The maximum Gasteiger partial charge on any atom is 0.256 e. The van der Waals surface area contributed by atoms with E-state index in [1.165, 1.54) is 0 Å². The minimum absolute atomic E-state index is 0.00283. The molecule has 1 atom stereocenters. The molecular formula is C30H32ClN5O3. The van der Waals surface area contributed by atoms with E-state index in [4.69, 9.17) is 11.6 Å². The summed E-state index contributed by atoms with van der Waals surface area (Å²) in [4.78, 5) is 46.7. The largest absolute Gasteiger partial charge is 0.358 e. The fraction of sp³-hybridized carbons (Fsp3) is 0.300. The van der Waals surface area contributed by atoms with Crippen molar-refractivity contribution in [2.24, 2.45) is 0 Å². The van der Waals surface area contributed by atoms with Crippen molar-refractivity contribution in [1.29, 1.82) is 0 Å². The second kappa shape index (κ2) is 10.7. The van der Waals surface area contributed by atoms with Crippen molar-refractivity contribution < 1.29 is 14.4 Å². The maximum absolute atomic E-state index is 13.3. The number of anilines is 1. The van der Waals surface area contributed by atoms with Crippen LogP contribution in [0.2, 0.25) is 5.02 Å². The number of fused-ring (bicyclic) bond motifs is 1. The van der Waals surface area contributed by atoms with Gasteiger partial charge < -0.3 is 25.4 Å². The summed E-state index contributed by atoms with van der Waals surface area (Å²) in [6, 6.07) is 12.3. The lowest BCUT2D eigenvalue weighted by molar-refractivity contribution is -0.110. The van der Waals surface area contributed by atoms with Crippen LogP contribution in [0.25, 0.3) is 11.6 Å². The highest BCUT2D eigenvalue weighted by Crippen LogP contribution is 2.35. The van der Waals surface area contributed by atoms with Crippen LogP contribution in [0.4, 0.5) is 5.69 Å². The zero-order chi connectivity index (χ0) is 27.8. The van der Waals surface area contributed by atoms with Crippen molar-refractivity contribution in [2.75, 3.05) is 38.5 Å². The van der Waals surface area contributed by atoms with E-state index in [9.17, 15) is 14.4 Å². The van der Waals surface area contributed by atoms with Crippen LogP contribution in [0.1, 0.15) is 61.8 Å². The Balaban J connectivity index is 1.41. The van der Waals surface area contributed by atoms with E-state index in [0.29, 0.717) is 51.8 Å². The first kappa shape index (κ1) is 26.7. The molecular weight excluding hydrogens is 514 g/mol. The average molecular weight is 546 g/mol. The number of halogens is 1. The normalized spacial score (nSPS) is 17.2. The second-order valence-corrected chi connectivity index (χ2v) is 10.7. The summed E-state index contributed by atoms with van der Waals surface area (Å²) in [5.41, 5.74) is 5.97. The van der Waals surface area contributed by atoms with Gasteiger partial charge in [0, 0.05) is 59.4 Å². The van der Waals surface area contributed by atoms with E-state index in [-0.39, 0.29) is 23.8 Å². The lowest BCUT2D eigenvalue weighted by Gasteiger charge is -2.32. The highest BCUT2D eigenvalue weighted by molar-refractivity contribution is 6.35. The summed E-state index contributed by atoms with van der Waals surface area (Å²) in [6.07, 6.45) is 1.76. The molecule has 39 heavy (non-hydrogen) atoms. The number of aromatic amines is 1. The summed E-state index contributed by atoms with van der Waals surface area (Å²) >= 11 is 6.10. The summed E-state index contributed by atoms with van der Waals surface area (Å²) in [7, 11) is 2.05. The van der Waals surface area contributed by atoms with E-state index < -0.39 is 0 Å². The predicted molar refractivity (Wildman–Crippen MR) is 154 cm³/mol. The van der Waals surface area contributed by atoms with Crippen molar-refractivity contribution in [3.05, 3.63) is 86.7 Å². The number of nitrogens with zero attached hydrogens (tertiary/aromatic N) is 2. The number of nitrogens with one attached hydrogen (secondary N) is 3. The van der Waals surface area contributed by atoms with E-state index in [0.717, 1.165) is 29.9 Å². The molecule has 1 fully saturated rings. The third-order valence-corrected chi connectivity index (χ3v) is 7.77. The van der Waals surface area contributed by atoms with Crippen LogP contribution in [0.15, 0.2) is 42.5 Å². The fourth-order valence-electron chi connectivity index (χ4n) is 5.16. The molecule has 2 aromatic carbocycles. The van der Waals surface area contributed by atoms with Gasteiger partial charge in [-0.15, -0.1) is 0 Å². The van der Waals surface area contributed by atoms with Crippen LogP contribution < -0.4 is 10.6 Å². The number of likely N-dealkylation sites (N-methyl/N-ethyl adjacent to an activating group) is 1. The first-order chi connectivity index (χ1) is 18.6. The highest BCUT2D eigenvalue weighted by atomic mass is 35.5. The van der Waals surface area contributed by atoms with Crippen molar-refractivity contribution >= 4 is 46.7 Å². The number of aryl methyl sites for hydroxylation is 1. The van der Waals surface area contributed by atoms with Gasteiger partial charge in [-0.2, -0.15) is 0 Å². The van der Waals surface area contributed by atoms with Crippen LogP contribution >= 0.6 is 11.6 Å². The molecule has 0 aliphatic carbocycles. The average Bonchev–Trinajstić information content (AvgIpc) is 3.37. The lowest BCUT2D eigenvalue weighted by atomic mass is 10.0.